The van der Waals surface area contributed by atoms with Crippen molar-refractivity contribution in [1.29, 1.82) is 0 Å². The molecule has 32 heavy (non-hydrogen) atoms. The number of aromatic nitrogens is 3. The Kier molecular flexibility index (Phi) is 5.79. The maximum absolute atomic E-state index is 13.8. The monoisotopic (exact) mass is 468 g/mol. The van der Waals surface area contributed by atoms with Gasteiger partial charge in [-0.1, -0.05) is 12.1 Å². The molecule has 4 aromatic rings. The van der Waals surface area contributed by atoms with Gasteiger partial charge in [0, 0.05) is 13.7 Å². The third-order valence-corrected chi connectivity index (χ3v) is 8.13. The number of thiophene rings is 1. The van der Waals surface area contributed by atoms with Crippen LogP contribution in [0.3, 0.4) is 0 Å². The third kappa shape index (κ3) is 3.64. The average molecular weight is 469 g/mol. The number of para-hydroxylation sites is 1. The number of amides is 1. The van der Waals surface area contributed by atoms with Gasteiger partial charge < -0.3 is 14.4 Å². The average Bonchev–Trinajstić information content (AvgIpc) is 3.39. The predicted molar refractivity (Wildman–Crippen MR) is 127 cm³/mol. The van der Waals surface area contributed by atoms with E-state index in [1.165, 1.54) is 11.3 Å². The molecule has 5 rings (SSSR count). The molecule has 0 bridgehead atoms. The molecule has 166 valence electrons. The van der Waals surface area contributed by atoms with E-state index in [2.05, 4.69) is 16.0 Å². The topological polar surface area (TPSA) is 77.4 Å². The van der Waals surface area contributed by atoms with Crippen molar-refractivity contribution >= 4 is 49.0 Å². The first-order valence-electron chi connectivity index (χ1n) is 10.6. The number of carbonyl (C=O) groups is 1. The van der Waals surface area contributed by atoms with E-state index in [9.17, 15) is 4.79 Å². The Morgan fingerprint density at radius 1 is 1.16 bits per heavy atom. The number of methoxy groups -OCH3 is 2. The Hall–Kier alpha value is -2.62. The SMILES string of the molecule is COCc1nc(OC)c2c(C)c(C(=O)N3CCCCC3c3nc4ccccc4s3)sc2n1. The lowest BCUT2D eigenvalue weighted by molar-refractivity contribution is 0.0616. The summed E-state index contributed by atoms with van der Waals surface area (Å²) in [5.74, 6) is 1.06. The van der Waals surface area contributed by atoms with E-state index in [0.717, 1.165) is 56.8 Å². The standard InChI is InChI=1S/C23H24N4O3S2/c1-13-18-20(30-3)25-17(12-29-2)26-22(18)32-19(13)23(28)27-11-7-6-9-15(27)21-24-14-8-4-5-10-16(14)31-21/h4-5,8,10,15H,6-7,9,11-12H2,1-3H3. The Morgan fingerprint density at radius 2 is 2.00 bits per heavy atom. The number of nitrogens with zero attached hydrogens (tertiary/aromatic N) is 4. The van der Waals surface area contributed by atoms with Crippen molar-refractivity contribution in [2.45, 2.75) is 38.8 Å². The molecule has 1 aromatic carbocycles. The van der Waals surface area contributed by atoms with Gasteiger partial charge in [0.15, 0.2) is 5.82 Å². The molecule has 1 fully saturated rings. The van der Waals surface area contributed by atoms with Crippen LogP contribution < -0.4 is 4.74 Å². The first kappa shape index (κ1) is 21.2. The molecule has 0 N–H and O–H groups in total. The number of aryl methyl sites for hydroxylation is 1. The first-order valence-corrected chi connectivity index (χ1v) is 12.2. The van der Waals surface area contributed by atoms with E-state index in [-0.39, 0.29) is 11.9 Å². The Labute approximate surface area is 194 Å². The van der Waals surface area contributed by atoms with Crippen molar-refractivity contribution in [2.24, 2.45) is 0 Å². The highest BCUT2D eigenvalue weighted by Gasteiger charge is 2.33. The fourth-order valence-corrected chi connectivity index (χ4v) is 6.55. The van der Waals surface area contributed by atoms with E-state index in [0.29, 0.717) is 23.2 Å². The zero-order valence-corrected chi connectivity index (χ0v) is 19.9. The summed E-state index contributed by atoms with van der Waals surface area (Å²) >= 11 is 3.09. The number of hydrogen-bond donors (Lipinski definition) is 0. The van der Waals surface area contributed by atoms with Crippen LogP contribution in [0.2, 0.25) is 0 Å². The minimum atomic E-state index is -0.00436. The Morgan fingerprint density at radius 3 is 2.78 bits per heavy atom. The van der Waals surface area contributed by atoms with Crippen LogP contribution in [-0.4, -0.2) is 46.5 Å². The smallest absolute Gasteiger partial charge is 0.264 e. The number of carbonyl (C=O) groups excluding carboxylic acids is 1. The summed E-state index contributed by atoms with van der Waals surface area (Å²) in [7, 11) is 3.19. The first-order chi connectivity index (χ1) is 15.6. The molecule has 0 radical (unpaired) electrons. The molecular formula is C23H24N4O3S2. The number of thiazole rings is 1. The summed E-state index contributed by atoms with van der Waals surface area (Å²) < 4.78 is 11.9. The van der Waals surface area contributed by atoms with Crippen molar-refractivity contribution in [1.82, 2.24) is 19.9 Å². The van der Waals surface area contributed by atoms with Crippen LogP contribution in [0.1, 0.15) is 51.4 Å². The molecule has 1 atom stereocenters. The molecule has 1 unspecified atom stereocenters. The molecule has 0 spiro atoms. The highest BCUT2D eigenvalue weighted by molar-refractivity contribution is 7.20. The van der Waals surface area contributed by atoms with Gasteiger partial charge in [0.05, 0.1) is 33.6 Å². The van der Waals surface area contributed by atoms with E-state index in [4.69, 9.17) is 14.5 Å². The van der Waals surface area contributed by atoms with Gasteiger partial charge in [0.25, 0.3) is 5.91 Å². The summed E-state index contributed by atoms with van der Waals surface area (Å²) in [5.41, 5.74) is 1.86. The van der Waals surface area contributed by atoms with Crippen molar-refractivity contribution in [3.05, 3.63) is 45.5 Å². The summed E-state index contributed by atoms with van der Waals surface area (Å²) in [4.78, 5) is 31.2. The van der Waals surface area contributed by atoms with E-state index < -0.39 is 0 Å². The maximum atomic E-state index is 13.8. The van der Waals surface area contributed by atoms with Crippen LogP contribution >= 0.6 is 22.7 Å². The van der Waals surface area contributed by atoms with E-state index in [1.54, 1.807) is 25.6 Å². The maximum Gasteiger partial charge on any atom is 0.264 e. The van der Waals surface area contributed by atoms with Gasteiger partial charge in [0.1, 0.15) is 16.4 Å². The van der Waals surface area contributed by atoms with Crippen LogP contribution in [0.4, 0.5) is 0 Å². The van der Waals surface area contributed by atoms with Gasteiger partial charge in [-0.2, -0.15) is 4.98 Å². The minimum Gasteiger partial charge on any atom is -0.480 e. The zero-order valence-electron chi connectivity index (χ0n) is 18.3. The molecule has 1 amide bonds. The second-order valence-corrected chi connectivity index (χ2v) is 9.91. The summed E-state index contributed by atoms with van der Waals surface area (Å²) in [5, 5.41) is 1.81. The number of benzene rings is 1. The van der Waals surface area contributed by atoms with Crippen LogP contribution in [0.5, 0.6) is 5.88 Å². The number of fused-ring (bicyclic) bond motifs is 2. The van der Waals surface area contributed by atoms with Crippen LogP contribution in [0.15, 0.2) is 24.3 Å². The third-order valence-electron chi connectivity index (χ3n) is 5.82. The predicted octanol–water partition coefficient (Wildman–Crippen LogP) is 5.13. The van der Waals surface area contributed by atoms with Gasteiger partial charge in [0.2, 0.25) is 5.88 Å². The van der Waals surface area contributed by atoms with Gasteiger partial charge in [-0.15, -0.1) is 22.7 Å². The molecular weight excluding hydrogens is 444 g/mol. The number of hydrogen-bond acceptors (Lipinski definition) is 8. The number of likely N-dealkylation sites (tertiary alicyclic amines) is 1. The van der Waals surface area contributed by atoms with Crippen LogP contribution in [0, 0.1) is 6.92 Å². The van der Waals surface area contributed by atoms with Gasteiger partial charge >= 0.3 is 0 Å². The number of rotatable bonds is 5. The van der Waals surface area contributed by atoms with Gasteiger partial charge in [-0.25, -0.2) is 9.97 Å². The lowest BCUT2D eigenvalue weighted by Gasteiger charge is -2.34. The molecule has 0 aliphatic carbocycles. The van der Waals surface area contributed by atoms with Gasteiger partial charge in [-0.3, -0.25) is 4.79 Å². The van der Waals surface area contributed by atoms with Gasteiger partial charge in [-0.05, 0) is 43.9 Å². The quantitative estimate of drug-likeness (QED) is 0.404. The largest absolute Gasteiger partial charge is 0.480 e. The van der Waals surface area contributed by atoms with Crippen molar-refractivity contribution < 1.29 is 14.3 Å². The number of ether oxygens (including phenoxy) is 2. The Balaban J connectivity index is 1.54. The van der Waals surface area contributed by atoms with E-state index in [1.807, 2.05) is 30.0 Å². The fourth-order valence-electron chi connectivity index (χ4n) is 4.28. The summed E-state index contributed by atoms with van der Waals surface area (Å²) in [6, 6.07) is 8.14. The van der Waals surface area contributed by atoms with Crippen molar-refractivity contribution in [3.8, 4) is 5.88 Å². The van der Waals surface area contributed by atoms with Crippen LogP contribution in [0.25, 0.3) is 20.4 Å². The van der Waals surface area contributed by atoms with Crippen LogP contribution in [-0.2, 0) is 11.3 Å². The molecule has 9 heteroatoms. The summed E-state index contributed by atoms with van der Waals surface area (Å²) in [6.07, 6.45) is 3.02. The van der Waals surface area contributed by atoms with Crippen molar-refractivity contribution in [2.75, 3.05) is 20.8 Å². The lowest BCUT2D eigenvalue weighted by atomic mass is 10.0. The second-order valence-electron chi connectivity index (χ2n) is 7.85. The fraction of sp³-hybridized carbons (Fsp3) is 0.391. The molecule has 7 nitrogen and oxygen atoms in total. The normalized spacial score (nSPS) is 16.7. The molecule has 4 heterocycles. The summed E-state index contributed by atoms with van der Waals surface area (Å²) in [6.45, 7) is 2.97. The van der Waals surface area contributed by atoms with E-state index >= 15 is 0 Å². The minimum absolute atomic E-state index is 0.00436. The Bertz CT molecular complexity index is 1270. The zero-order chi connectivity index (χ0) is 22.2. The lowest BCUT2D eigenvalue weighted by Crippen LogP contribution is -2.38. The molecule has 1 aliphatic rings. The van der Waals surface area contributed by atoms with Crippen molar-refractivity contribution in [3.63, 3.8) is 0 Å². The molecule has 3 aromatic heterocycles. The molecule has 0 saturated carbocycles. The highest BCUT2D eigenvalue weighted by atomic mass is 32.1. The molecule has 1 saturated heterocycles. The highest BCUT2D eigenvalue weighted by Crippen LogP contribution is 2.40. The second kappa shape index (κ2) is 8.73. The number of piperidine rings is 1. The molecule has 1 aliphatic heterocycles.